The summed E-state index contributed by atoms with van der Waals surface area (Å²) in [6.07, 6.45) is -0.276. The van der Waals surface area contributed by atoms with Crippen LogP contribution in [0.3, 0.4) is 0 Å². The lowest BCUT2D eigenvalue weighted by atomic mass is 9.87. The minimum Gasteiger partial charge on any atom is -0.439 e. The molecule has 0 bridgehead atoms. The molecule has 2 aromatic rings. The summed E-state index contributed by atoms with van der Waals surface area (Å²) in [5.74, 6) is 0.362. The summed E-state index contributed by atoms with van der Waals surface area (Å²) in [6, 6.07) is 5.01. The van der Waals surface area contributed by atoms with Gasteiger partial charge in [0.25, 0.3) is 5.56 Å². The van der Waals surface area contributed by atoms with E-state index >= 15 is 0 Å². The zero-order valence-corrected chi connectivity index (χ0v) is 13.3. The molecule has 0 radical (unpaired) electrons. The van der Waals surface area contributed by atoms with Gasteiger partial charge in [0.05, 0.1) is 15.9 Å². The normalized spacial score (nSPS) is 16.2. The van der Waals surface area contributed by atoms with Crippen molar-refractivity contribution in [2.24, 2.45) is 5.73 Å². The summed E-state index contributed by atoms with van der Waals surface area (Å²) in [7, 11) is 0. The summed E-state index contributed by atoms with van der Waals surface area (Å²) in [4.78, 5) is 28.5. The highest BCUT2D eigenvalue weighted by Gasteiger charge is 2.30. The van der Waals surface area contributed by atoms with Crippen LogP contribution in [-0.2, 0) is 4.74 Å². The first-order chi connectivity index (χ1) is 10.9. The number of halogens is 1. The van der Waals surface area contributed by atoms with Gasteiger partial charge >= 0.3 is 6.09 Å². The molecule has 120 valence electrons. The van der Waals surface area contributed by atoms with Crippen LogP contribution in [0.15, 0.2) is 35.1 Å². The number of benzene rings is 1. The van der Waals surface area contributed by atoms with Crippen molar-refractivity contribution in [3.63, 3.8) is 0 Å². The quantitative estimate of drug-likeness (QED) is 0.874. The van der Waals surface area contributed by atoms with E-state index in [9.17, 15) is 9.59 Å². The molecule has 0 saturated heterocycles. The third-order valence-electron chi connectivity index (χ3n) is 3.98. The molecule has 1 aliphatic rings. The van der Waals surface area contributed by atoms with Gasteiger partial charge in [-0.15, -0.1) is 0 Å². The highest BCUT2D eigenvalue weighted by Crippen LogP contribution is 2.37. The van der Waals surface area contributed by atoms with Crippen molar-refractivity contribution in [2.45, 2.75) is 31.9 Å². The second-order valence-electron chi connectivity index (χ2n) is 5.67. The molecule has 23 heavy (non-hydrogen) atoms. The number of rotatable bonds is 3. The van der Waals surface area contributed by atoms with Gasteiger partial charge in [-0.25, -0.2) is 9.78 Å². The second-order valence-corrected chi connectivity index (χ2v) is 6.08. The van der Waals surface area contributed by atoms with Crippen LogP contribution < -0.4 is 11.3 Å². The first-order valence-corrected chi connectivity index (χ1v) is 7.59. The van der Waals surface area contributed by atoms with Gasteiger partial charge in [0, 0.05) is 6.04 Å². The van der Waals surface area contributed by atoms with Gasteiger partial charge < -0.3 is 10.5 Å². The van der Waals surface area contributed by atoms with Gasteiger partial charge in [-0.1, -0.05) is 29.8 Å². The number of amides is 1. The van der Waals surface area contributed by atoms with Crippen LogP contribution in [0.1, 0.15) is 37.7 Å². The number of fused-ring (bicyclic) bond motifs is 1. The molecule has 1 aromatic heterocycles. The van der Waals surface area contributed by atoms with Crippen molar-refractivity contribution in [1.82, 2.24) is 9.55 Å². The number of hydrogen-bond acceptors (Lipinski definition) is 4. The minimum atomic E-state index is -0.914. The van der Waals surface area contributed by atoms with E-state index in [2.05, 4.69) is 11.6 Å². The molecule has 0 spiro atoms. The van der Waals surface area contributed by atoms with Crippen molar-refractivity contribution in [2.75, 3.05) is 0 Å². The zero-order valence-electron chi connectivity index (χ0n) is 12.6. The lowest BCUT2D eigenvalue weighted by molar-refractivity contribution is 0.107. The van der Waals surface area contributed by atoms with Gasteiger partial charge in [-0.3, -0.25) is 9.36 Å². The van der Waals surface area contributed by atoms with Crippen LogP contribution in [-0.4, -0.2) is 15.6 Å². The molecule has 1 fully saturated rings. The summed E-state index contributed by atoms with van der Waals surface area (Å²) in [5.41, 5.74) is 6.38. The Labute approximate surface area is 137 Å². The number of allylic oxidation sites excluding steroid dienone is 1. The summed E-state index contributed by atoms with van der Waals surface area (Å²) in [6.45, 7) is 5.53. The first kappa shape index (κ1) is 15.6. The van der Waals surface area contributed by atoms with E-state index in [1.807, 2.05) is 0 Å². The molecule has 3 rings (SSSR count). The molecule has 0 aliphatic heterocycles. The highest BCUT2D eigenvalue weighted by molar-refractivity contribution is 6.35. The number of nitrogens with zero attached hydrogens (tertiary/aromatic N) is 2. The summed E-state index contributed by atoms with van der Waals surface area (Å²) in [5, 5.41) is 0.712. The van der Waals surface area contributed by atoms with Crippen molar-refractivity contribution < 1.29 is 9.53 Å². The standard InChI is InChI=1S/C16H16ClN3O3/c1-8-6-10(7-8)20-14(9(2)23-16(18)22)19-12-5-3-4-11(17)13(12)15(20)21/h3-5,9-10H,1,6-7H2,2H3,(H2,18,22). The van der Waals surface area contributed by atoms with Crippen LogP contribution in [0.5, 0.6) is 0 Å². The third kappa shape index (κ3) is 2.70. The second kappa shape index (κ2) is 5.70. The van der Waals surface area contributed by atoms with Gasteiger partial charge in [-0.05, 0) is 31.9 Å². The molecule has 1 saturated carbocycles. The molecule has 1 atom stereocenters. The SMILES string of the molecule is C=C1CC(n2c(C(C)OC(N)=O)nc3cccc(Cl)c3c2=O)C1. The predicted molar refractivity (Wildman–Crippen MR) is 87.5 cm³/mol. The van der Waals surface area contributed by atoms with Crippen molar-refractivity contribution >= 4 is 28.6 Å². The fourth-order valence-corrected chi connectivity index (χ4v) is 3.13. The molecule has 7 heteroatoms. The van der Waals surface area contributed by atoms with Crippen molar-refractivity contribution in [3.05, 3.63) is 51.6 Å². The van der Waals surface area contributed by atoms with Gasteiger partial charge in [0.15, 0.2) is 11.9 Å². The number of primary amides is 1. The molecule has 6 nitrogen and oxygen atoms in total. The summed E-state index contributed by atoms with van der Waals surface area (Å²) >= 11 is 6.17. The van der Waals surface area contributed by atoms with E-state index in [4.69, 9.17) is 22.1 Å². The van der Waals surface area contributed by atoms with Crippen LogP contribution in [0, 0.1) is 0 Å². The average Bonchev–Trinajstić information content (AvgIpc) is 2.43. The van der Waals surface area contributed by atoms with E-state index in [1.165, 1.54) is 0 Å². The smallest absolute Gasteiger partial charge is 0.405 e. The van der Waals surface area contributed by atoms with E-state index in [-0.39, 0.29) is 11.6 Å². The Balaban J connectivity index is 2.24. The van der Waals surface area contributed by atoms with Crippen LogP contribution in [0.4, 0.5) is 4.79 Å². The fourth-order valence-electron chi connectivity index (χ4n) is 2.88. The maximum Gasteiger partial charge on any atom is 0.405 e. The van der Waals surface area contributed by atoms with Crippen LogP contribution >= 0.6 is 11.6 Å². The Morgan fingerprint density at radius 1 is 1.52 bits per heavy atom. The average molecular weight is 334 g/mol. The number of nitrogens with two attached hydrogens (primary N) is 1. The Morgan fingerprint density at radius 3 is 2.83 bits per heavy atom. The maximum atomic E-state index is 12.9. The van der Waals surface area contributed by atoms with E-state index in [0.29, 0.717) is 34.6 Å². The Bertz CT molecular complexity index is 867. The van der Waals surface area contributed by atoms with Crippen LogP contribution in [0.2, 0.25) is 5.02 Å². The molecule has 2 N–H and O–H groups in total. The Morgan fingerprint density at radius 2 is 2.22 bits per heavy atom. The molecule has 1 heterocycles. The monoisotopic (exact) mass is 333 g/mol. The largest absolute Gasteiger partial charge is 0.439 e. The van der Waals surface area contributed by atoms with E-state index in [0.717, 1.165) is 5.57 Å². The number of carbonyl (C=O) groups is 1. The lowest BCUT2D eigenvalue weighted by Crippen LogP contribution is -2.35. The van der Waals surface area contributed by atoms with Crippen LogP contribution in [0.25, 0.3) is 10.9 Å². The van der Waals surface area contributed by atoms with Gasteiger partial charge in [0.1, 0.15) is 0 Å². The first-order valence-electron chi connectivity index (χ1n) is 7.22. The van der Waals surface area contributed by atoms with Gasteiger partial charge in [0.2, 0.25) is 0 Å². The predicted octanol–water partition coefficient (Wildman–Crippen LogP) is 3.10. The highest BCUT2D eigenvalue weighted by atomic mass is 35.5. The number of aromatic nitrogens is 2. The zero-order chi connectivity index (χ0) is 16.7. The fraction of sp³-hybridized carbons (Fsp3) is 0.312. The maximum absolute atomic E-state index is 12.9. The van der Waals surface area contributed by atoms with Crippen molar-refractivity contribution in [3.8, 4) is 0 Å². The Hall–Kier alpha value is -2.34. The number of ether oxygens (including phenoxy) is 1. The topological polar surface area (TPSA) is 87.2 Å². The molecule has 1 unspecified atom stereocenters. The number of hydrogen-bond donors (Lipinski definition) is 1. The molecule has 1 amide bonds. The Kier molecular flexibility index (Phi) is 3.85. The summed E-state index contributed by atoms with van der Waals surface area (Å²) < 4.78 is 6.57. The lowest BCUT2D eigenvalue weighted by Gasteiger charge is -2.33. The molecule has 1 aliphatic carbocycles. The number of carbonyl (C=O) groups excluding carboxylic acids is 1. The van der Waals surface area contributed by atoms with Gasteiger partial charge in [-0.2, -0.15) is 0 Å². The molecular formula is C16H16ClN3O3. The molecule has 1 aromatic carbocycles. The third-order valence-corrected chi connectivity index (χ3v) is 4.29. The van der Waals surface area contributed by atoms with E-state index < -0.39 is 12.2 Å². The van der Waals surface area contributed by atoms with Crippen molar-refractivity contribution in [1.29, 1.82) is 0 Å². The molecular weight excluding hydrogens is 318 g/mol. The van der Waals surface area contributed by atoms with E-state index in [1.54, 1.807) is 29.7 Å². The minimum absolute atomic E-state index is 0.0582.